The van der Waals surface area contributed by atoms with Gasteiger partial charge in [0, 0.05) is 24.0 Å². The molecule has 0 aliphatic rings. The van der Waals surface area contributed by atoms with Gasteiger partial charge in [0.2, 0.25) is 5.95 Å². The summed E-state index contributed by atoms with van der Waals surface area (Å²) in [5.74, 6) is -1.81. The summed E-state index contributed by atoms with van der Waals surface area (Å²) in [6, 6.07) is 9.27. The van der Waals surface area contributed by atoms with Crippen LogP contribution in [0.5, 0.6) is 0 Å². The van der Waals surface area contributed by atoms with Gasteiger partial charge in [0.15, 0.2) is 5.82 Å². The second kappa shape index (κ2) is 7.06. The van der Waals surface area contributed by atoms with Crippen LogP contribution in [0, 0.1) is 11.6 Å². The number of hydrogen-bond acceptors (Lipinski definition) is 6. The van der Waals surface area contributed by atoms with Crippen LogP contribution < -0.4 is 10.5 Å². The van der Waals surface area contributed by atoms with Crippen LogP contribution in [0.25, 0.3) is 22.0 Å². The Morgan fingerprint density at radius 3 is 2.62 bits per heavy atom. The molecular formula is C19H13F2N5O2S. The SMILES string of the molecule is Nc1ncc2cc(-c3c(F)ccc(NS(=O)(=O)c4cccnc4)c3F)ccc2n1. The molecule has 0 spiro atoms. The van der Waals surface area contributed by atoms with E-state index in [1.807, 2.05) is 0 Å². The highest BCUT2D eigenvalue weighted by molar-refractivity contribution is 7.92. The van der Waals surface area contributed by atoms with E-state index in [2.05, 4.69) is 19.7 Å². The van der Waals surface area contributed by atoms with Crippen molar-refractivity contribution in [3.05, 3.63) is 72.7 Å². The molecule has 0 atom stereocenters. The smallest absolute Gasteiger partial charge is 0.263 e. The molecule has 0 unspecified atom stereocenters. The Morgan fingerprint density at radius 1 is 1.03 bits per heavy atom. The van der Waals surface area contributed by atoms with Crippen LogP contribution >= 0.6 is 0 Å². The minimum Gasteiger partial charge on any atom is -0.368 e. The molecule has 146 valence electrons. The second-order valence-electron chi connectivity index (χ2n) is 6.08. The van der Waals surface area contributed by atoms with E-state index in [0.717, 1.165) is 18.3 Å². The van der Waals surface area contributed by atoms with Gasteiger partial charge in [0.05, 0.1) is 16.8 Å². The molecule has 0 saturated heterocycles. The lowest BCUT2D eigenvalue weighted by atomic mass is 10.0. The number of sulfonamides is 1. The van der Waals surface area contributed by atoms with Crippen LogP contribution in [0.1, 0.15) is 0 Å². The molecule has 10 heteroatoms. The highest BCUT2D eigenvalue weighted by Gasteiger charge is 2.21. The van der Waals surface area contributed by atoms with E-state index >= 15 is 4.39 Å². The summed E-state index contributed by atoms with van der Waals surface area (Å²) in [5.41, 5.74) is 5.47. The molecule has 2 heterocycles. The molecule has 0 aliphatic heterocycles. The van der Waals surface area contributed by atoms with Crippen molar-refractivity contribution in [2.75, 3.05) is 10.5 Å². The first-order valence-electron chi connectivity index (χ1n) is 8.29. The van der Waals surface area contributed by atoms with Gasteiger partial charge >= 0.3 is 0 Å². The zero-order valence-corrected chi connectivity index (χ0v) is 15.5. The van der Waals surface area contributed by atoms with E-state index in [0.29, 0.717) is 10.9 Å². The molecule has 2 aromatic carbocycles. The van der Waals surface area contributed by atoms with Gasteiger partial charge in [-0.05, 0) is 42.0 Å². The predicted octanol–water partition coefficient (Wildman–Crippen LogP) is 3.35. The Bertz CT molecular complexity index is 1330. The molecule has 7 nitrogen and oxygen atoms in total. The summed E-state index contributed by atoms with van der Waals surface area (Å²) in [4.78, 5) is 11.5. The standard InChI is InChI=1S/C19H13F2N5O2S/c20-14-4-6-16(26-29(27,28)13-2-1-7-23-10-13)18(21)17(14)11-3-5-15-12(8-11)9-24-19(22)25-15/h1-10,26H,(H2,22,24,25). The highest BCUT2D eigenvalue weighted by Crippen LogP contribution is 2.33. The van der Waals surface area contributed by atoms with Crippen molar-refractivity contribution in [3.63, 3.8) is 0 Å². The molecule has 2 aromatic heterocycles. The maximum absolute atomic E-state index is 15.1. The van der Waals surface area contributed by atoms with E-state index in [4.69, 9.17) is 5.73 Å². The fourth-order valence-electron chi connectivity index (χ4n) is 2.81. The van der Waals surface area contributed by atoms with Crippen molar-refractivity contribution in [1.82, 2.24) is 15.0 Å². The van der Waals surface area contributed by atoms with E-state index in [-0.39, 0.29) is 27.7 Å². The van der Waals surface area contributed by atoms with Crippen molar-refractivity contribution in [1.29, 1.82) is 0 Å². The lowest BCUT2D eigenvalue weighted by Crippen LogP contribution is -2.14. The van der Waals surface area contributed by atoms with E-state index in [1.54, 1.807) is 6.07 Å². The van der Waals surface area contributed by atoms with Gasteiger partial charge in [0.25, 0.3) is 10.0 Å². The maximum atomic E-state index is 15.1. The Kier molecular flexibility index (Phi) is 4.55. The average Bonchev–Trinajstić information content (AvgIpc) is 2.71. The number of aromatic nitrogens is 3. The molecule has 3 N–H and O–H groups in total. The number of nitrogens with two attached hydrogens (primary N) is 1. The van der Waals surface area contributed by atoms with Crippen LogP contribution in [0.2, 0.25) is 0 Å². The zero-order chi connectivity index (χ0) is 20.6. The van der Waals surface area contributed by atoms with Crippen molar-refractivity contribution >= 4 is 32.6 Å². The number of nitrogen functional groups attached to an aromatic ring is 1. The second-order valence-corrected chi connectivity index (χ2v) is 7.76. The first-order chi connectivity index (χ1) is 13.8. The number of nitrogens with zero attached hydrogens (tertiary/aromatic N) is 3. The first-order valence-corrected chi connectivity index (χ1v) is 9.77. The lowest BCUT2D eigenvalue weighted by Gasteiger charge is -2.13. The van der Waals surface area contributed by atoms with Crippen LogP contribution in [-0.4, -0.2) is 23.4 Å². The minimum atomic E-state index is -4.10. The van der Waals surface area contributed by atoms with Crippen molar-refractivity contribution in [3.8, 4) is 11.1 Å². The van der Waals surface area contributed by atoms with Gasteiger partial charge < -0.3 is 5.73 Å². The Balaban J connectivity index is 1.79. The molecule has 0 radical (unpaired) electrons. The monoisotopic (exact) mass is 413 g/mol. The maximum Gasteiger partial charge on any atom is 0.263 e. The van der Waals surface area contributed by atoms with Gasteiger partial charge in [-0.2, -0.15) is 0 Å². The van der Waals surface area contributed by atoms with Crippen molar-refractivity contribution in [2.24, 2.45) is 0 Å². The van der Waals surface area contributed by atoms with Crippen molar-refractivity contribution in [2.45, 2.75) is 4.90 Å². The number of hydrogen-bond donors (Lipinski definition) is 2. The van der Waals surface area contributed by atoms with Crippen LogP contribution in [-0.2, 0) is 10.0 Å². The summed E-state index contributed by atoms with van der Waals surface area (Å²) >= 11 is 0. The molecular weight excluding hydrogens is 400 g/mol. The third kappa shape index (κ3) is 3.57. The molecule has 0 bridgehead atoms. The van der Waals surface area contributed by atoms with Gasteiger partial charge in [-0.15, -0.1) is 0 Å². The number of fused-ring (bicyclic) bond motifs is 1. The Morgan fingerprint density at radius 2 is 1.86 bits per heavy atom. The largest absolute Gasteiger partial charge is 0.368 e. The molecule has 0 saturated carbocycles. The highest BCUT2D eigenvalue weighted by atomic mass is 32.2. The third-order valence-electron chi connectivity index (χ3n) is 4.17. The molecule has 4 aromatic rings. The minimum absolute atomic E-state index is 0.0782. The van der Waals surface area contributed by atoms with E-state index in [1.165, 1.54) is 36.7 Å². The number of rotatable bonds is 4. The van der Waals surface area contributed by atoms with Crippen LogP contribution in [0.3, 0.4) is 0 Å². The van der Waals surface area contributed by atoms with E-state index < -0.39 is 21.7 Å². The molecule has 29 heavy (non-hydrogen) atoms. The normalized spacial score (nSPS) is 11.5. The number of halogens is 2. The summed E-state index contributed by atoms with van der Waals surface area (Å²) in [6.45, 7) is 0. The summed E-state index contributed by atoms with van der Waals surface area (Å²) < 4.78 is 56.6. The number of nitrogens with one attached hydrogen (secondary N) is 1. The van der Waals surface area contributed by atoms with Gasteiger partial charge in [0.1, 0.15) is 10.7 Å². The molecule has 0 fully saturated rings. The molecule has 0 amide bonds. The number of benzene rings is 2. The zero-order valence-electron chi connectivity index (χ0n) is 14.7. The first kappa shape index (κ1) is 18.7. The third-order valence-corrected chi connectivity index (χ3v) is 5.52. The van der Waals surface area contributed by atoms with Crippen LogP contribution in [0.4, 0.5) is 20.4 Å². The summed E-state index contributed by atoms with van der Waals surface area (Å²) in [7, 11) is -4.10. The summed E-state index contributed by atoms with van der Waals surface area (Å²) in [6.07, 6.45) is 3.97. The predicted molar refractivity (Wildman–Crippen MR) is 104 cm³/mol. The quantitative estimate of drug-likeness (QED) is 0.531. The summed E-state index contributed by atoms with van der Waals surface area (Å²) in [5, 5.41) is 0.525. The Labute approximate surface area is 164 Å². The average molecular weight is 413 g/mol. The van der Waals surface area contributed by atoms with Gasteiger partial charge in [-0.25, -0.2) is 27.2 Å². The topological polar surface area (TPSA) is 111 Å². The number of pyridine rings is 1. The van der Waals surface area contributed by atoms with Gasteiger partial charge in [-0.3, -0.25) is 9.71 Å². The number of anilines is 2. The lowest BCUT2D eigenvalue weighted by molar-refractivity contribution is 0.587. The van der Waals surface area contributed by atoms with Crippen molar-refractivity contribution < 1.29 is 17.2 Å². The van der Waals surface area contributed by atoms with Crippen LogP contribution in [0.15, 0.2) is 66.0 Å². The van der Waals surface area contributed by atoms with Gasteiger partial charge in [-0.1, -0.05) is 6.07 Å². The fourth-order valence-corrected chi connectivity index (χ4v) is 3.83. The molecule has 4 rings (SSSR count). The Hall–Kier alpha value is -3.66. The van der Waals surface area contributed by atoms with E-state index in [9.17, 15) is 12.8 Å². The molecule has 0 aliphatic carbocycles. The fraction of sp³-hybridized carbons (Fsp3) is 0.